The fourth-order valence-electron chi connectivity index (χ4n) is 2.71. The maximum absolute atomic E-state index is 12.5. The van der Waals surface area contributed by atoms with Gasteiger partial charge in [-0.1, -0.05) is 6.07 Å². The van der Waals surface area contributed by atoms with Crippen LogP contribution >= 0.6 is 0 Å². The van der Waals surface area contributed by atoms with Gasteiger partial charge >= 0.3 is 5.97 Å². The minimum absolute atomic E-state index is 0.108. The van der Waals surface area contributed by atoms with E-state index in [1.807, 2.05) is 0 Å². The molecule has 1 aliphatic heterocycles. The van der Waals surface area contributed by atoms with E-state index in [0.29, 0.717) is 24.9 Å². The molecule has 118 valence electrons. The van der Waals surface area contributed by atoms with E-state index in [2.05, 4.69) is 0 Å². The van der Waals surface area contributed by atoms with Crippen LogP contribution in [0.25, 0.3) is 0 Å². The number of piperidine rings is 1. The second-order valence-electron chi connectivity index (χ2n) is 5.95. The first-order chi connectivity index (χ1) is 10.2. The number of amides is 1. The van der Waals surface area contributed by atoms with Crippen molar-refractivity contribution in [3.63, 3.8) is 0 Å². The number of benzene rings is 1. The normalized spacial score (nSPS) is 21.5. The Hall–Kier alpha value is -2.44. The van der Waals surface area contributed by atoms with Crippen LogP contribution in [0.1, 0.15) is 35.7 Å². The summed E-state index contributed by atoms with van der Waals surface area (Å²) in [7, 11) is 0. The number of nitro benzene ring substituents is 1. The number of likely N-dealkylation sites (tertiary alicyclic amines) is 1. The molecular weight excluding hydrogens is 288 g/mol. The lowest BCUT2D eigenvalue weighted by molar-refractivity contribution is -0.385. The van der Waals surface area contributed by atoms with Gasteiger partial charge in [-0.15, -0.1) is 0 Å². The van der Waals surface area contributed by atoms with Crippen molar-refractivity contribution >= 4 is 17.6 Å². The summed E-state index contributed by atoms with van der Waals surface area (Å²) in [6.45, 7) is 3.80. The molecule has 1 fully saturated rings. The zero-order valence-electron chi connectivity index (χ0n) is 12.5. The third-order valence-corrected chi connectivity index (χ3v) is 4.15. The molecule has 0 saturated carbocycles. The second kappa shape index (κ2) is 5.75. The van der Waals surface area contributed by atoms with E-state index in [4.69, 9.17) is 0 Å². The number of aliphatic carboxylic acids is 1. The zero-order chi connectivity index (χ0) is 16.5. The Morgan fingerprint density at radius 2 is 2.09 bits per heavy atom. The molecule has 1 atom stereocenters. The van der Waals surface area contributed by atoms with Gasteiger partial charge in [0.15, 0.2) is 0 Å². The Kier molecular flexibility index (Phi) is 4.16. The summed E-state index contributed by atoms with van der Waals surface area (Å²) >= 11 is 0. The number of nitrogens with zero attached hydrogens (tertiary/aromatic N) is 2. The number of aryl methyl sites for hydroxylation is 1. The van der Waals surface area contributed by atoms with Crippen LogP contribution in [0.3, 0.4) is 0 Å². The topological polar surface area (TPSA) is 101 Å². The fourth-order valence-corrected chi connectivity index (χ4v) is 2.71. The lowest BCUT2D eigenvalue weighted by Crippen LogP contribution is -2.48. The molecule has 0 bridgehead atoms. The van der Waals surface area contributed by atoms with Crippen molar-refractivity contribution in [3.05, 3.63) is 39.4 Å². The fraction of sp³-hybridized carbons (Fsp3) is 0.467. The van der Waals surface area contributed by atoms with Crippen LogP contribution in [0.4, 0.5) is 5.69 Å². The van der Waals surface area contributed by atoms with Gasteiger partial charge in [0.05, 0.1) is 10.3 Å². The van der Waals surface area contributed by atoms with E-state index in [-0.39, 0.29) is 23.7 Å². The van der Waals surface area contributed by atoms with Crippen molar-refractivity contribution < 1.29 is 19.6 Å². The quantitative estimate of drug-likeness (QED) is 0.681. The molecule has 1 N–H and O–H groups in total. The predicted molar refractivity (Wildman–Crippen MR) is 78.7 cm³/mol. The van der Waals surface area contributed by atoms with Gasteiger partial charge in [0.1, 0.15) is 0 Å². The lowest BCUT2D eigenvalue weighted by Gasteiger charge is -2.37. The van der Waals surface area contributed by atoms with Crippen molar-refractivity contribution in [2.75, 3.05) is 13.1 Å². The van der Waals surface area contributed by atoms with E-state index in [0.717, 1.165) is 0 Å². The number of carboxylic acid groups (broad SMARTS) is 1. The van der Waals surface area contributed by atoms with Gasteiger partial charge in [-0.3, -0.25) is 19.7 Å². The number of rotatable bonds is 3. The zero-order valence-corrected chi connectivity index (χ0v) is 12.5. The minimum atomic E-state index is -0.968. The molecule has 22 heavy (non-hydrogen) atoms. The van der Waals surface area contributed by atoms with E-state index >= 15 is 0 Å². The van der Waals surface area contributed by atoms with Crippen LogP contribution in [0.5, 0.6) is 0 Å². The lowest BCUT2D eigenvalue weighted by atomic mass is 9.82. The molecular formula is C15H18N2O5. The molecule has 1 saturated heterocycles. The summed E-state index contributed by atoms with van der Waals surface area (Å²) in [6.07, 6.45) is 1.11. The first-order valence-electron chi connectivity index (χ1n) is 7.02. The first kappa shape index (κ1) is 15.9. The van der Waals surface area contributed by atoms with E-state index < -0.39 is 16.3 Å². The summed E-state index contributed by atoms with van der Waals surface area (Å²) in [4.78, 5) is 35.8. The van der Waals surface area contributed by atoms with E-state index in [1.54, 1.807) is 13.8 Å². The van der Waals surface area contributed by atoms with Gasteiger partial charge in [-0.25, -0.2) is 0 Å². The van der Waals surface area contributed by atoms with Crippen molar-refractivity contribution in [2.45, 2.75) is 26.7 Å². The number of hydrogen-bond acceptors (Lipinski definition) is 4. The van der Waals surface area contributed by atoms with Crippen molar-refractivity contribution in [1.82, 2.24) is 4.90 Å². The van der Waals surface area contributed by atoms with E-state index in [1.165, 1.54) is 23.1 Å². The van der Waals surface area contributed by atoms with Crippen LogP contribution in [0, 0.1) is 22.5 Å². The minimum Gasteiger partial charge on any atom is -0.481 e. The highest BCUT2D eigenvalue weighted by Gasteiger charge is 2.39. The van der Waals surface area contributed by atoms with Crippen molar-refractivity contribution in [3.8, 4) is 0 Å². The van der Waals surface area contributed by atoms with Gasteiger partial charge < -0.3 is 10.0 Å². The summed E-state index contributed by atoms with van der Waals surface area (Å²) in [5.41, 5.74) is -0.378. The third-order valence-electron chi connectivity index (χ3n) is 4.15. The Morgan fingerprint density at radius 3 is 2.68 bits per heavy atom. The predicted octanol–water partition coefficient (Wildman–Crippen LogP) is 2.23. The number of nitro groups is 1. The average Bonchev–Trinajstić information content (AvgIpc) is 2.46. The Balaban J connectivity index is 2.26. The highest BCUT2D eigenvalue weighted by atomic mass is 16.6. The Bertz CT molecular complexity index is 643. The number of hydrogen-bond donors (Lipinski definition) is 1. The van der Waals surface area contributed by atoms with Crippen LogP contribution in [-0.4, -0.2) is 39.9 Å². The number of carboxylic acids is 1. The smallest absolute Gasteiger partial charge is 0.311 e. The molecule has 7 heteroatoms. The van der Waals surface area contributed by atoms with Gasteiger partial charge in [0, 0.05) is 30.3 Å². The molecule has 1 aromatic rings. The molecule has 1 aromatic carbocycles. The average molecular weight is 306 g/mol. The molecule has 2 rings (SSSR count). The maximum atomic E-state index is 12.5. The standard InChI is InChI=1S/C15H18N2O5/c1-10-4-5-11(8-12(10)17(21)22)13(18)16-7-3-6-15(2,9-16)14(19)20/h4-5,8H,3,6-7,9H2,1-2H3,(H,19,20). The third kappa shape index (κ3) is 2.93. The molecule has 1 unspecified atom stereocenters. The highest BCUT2D eigenvalue weighted by molar-refractivity contribution is 5.95. The van der Waals surface area contributed by atoms with Crippen molar-refractivity contribution in [1.29, 1.82) is 0 Å². The van der Waals surface area contributed by atoms with E-state index in [9.17, 15) is 24.8 Å². The molecule has 1 amide bonds. The summed E-state index contributed by atoms with van der Waals surface area (Å²) < 4.78 is 0. The monoisotopic (exact) mass is 306 g/mol. The van der Waals surface area contributed by atoms with Gasteiger partial charge in [0.2, 0.25) is 0 Å². The SMILES string of the molecule is Cc1ccc(C(=O)N2CCCC(C)(C(=O)O)C2)cc1[N+](=O)[O-]. The number of carbonyl (C=O) groups is 2. The molecule has 0 spiro atoms. The van der Waals surface area contributed by atoms with Crippen LogP contribution in [0.2, 0.25) is 0 Å². The number of carbonyl (C=O) groups excluding carboxylic acids is 1. The Morgan fingerprint density at radius 1 is 1.41 bits per heavy atom. The molecule has 0 aromatic heterocycles. The molecule has 0 radical (unpaired) electrons. The van der Waals surface area contributed by atoms with Crippen LogP contribution < -0.4 is 0 Å². The van der Waals surface area contributed by atoms with Gasteiger partial charge in [-0.2, -0.15) is 0 Å². The first-order valence-corrected chi connectivity index (χ1v) is 7.02. The van der Waals surface area contributed by atoms with Crippen molar-refractivity contribution in [2.24, 2.45) is 5.41 Å². The molecule has 1 heterocycles. The Labute approximate surface area is 127 Å². The summed E-state index contributed by atoms with van der Waals surface area (Å²) in [6, 6.07) is 4.33. The van der Waals surface area contributed by atoms with Crippen LogP contribution in [0.15, 0.2) is 18.2 Å². The maximum Gasteiger partial charge on any atom is 0.311 e. The molecule has 1 aliphatic rings. The van der Waals surface area contributed by atoms with Gasteiger partial charge in [0.25, 0.3) is 11.6 Å². The summed E-state index contributed by atoms with van der Waals surface area (Å²) in [5, 5.41) is 20.3. The molecule has 0 aliphatic carbocycles. The largest absolute Gasteiger partial charge is 0.481 e. The highest BCUT2D eigenvalue weighted by Crippen LogP contribution is 2.31. The van der Waals surface area contributed by atoms with Gasteiger partial charge in [-0.05, 0) is 32.8 Å². The van der Waals surface area contributed by atoms with Crippen LogP contribution in [-0.2, 0) is 4.79 Å². The molecule has 7 nitrogen and oxygen atoms in total. The summed E-state index contributed by atoms with van der Waals surface area (Å²) in [5.74, 6) is -1.30. The second-order valence-corrected chi connectivity index (χ2v) is 5.95.